The number of nitrogens with zero attached hydrogens (tertiary/aromatic N) is 4. The lowest BCUT2D eigenvalue weighted by Crippen LogP contribution is -2.13. The normalized spacial score (nSPS) is 9.26. The minimum atomic E-state index is -0.952. The molecule has 0 aliphatic heterocycles. The average Bonchev–Trinajstić information content (AvgIpc) is 3.27. The standard InChI is InChI=1S/C11H11N3O2.C11H13NO3.C3H6O2.CH6N2/c1-14-7-9(11(15)16)10(13-14)5-8-3-2-4-12-6-8;1-2-15-11(14)7-10(13)6-9-4-3-5-12-8-9;1-2-5-3-4;1-3-2/h2-4,6-7H,5H2,1H3,(H,15,16);3-5,8H,2,6-7H2,1H3;3H,2H2,1H3;3H,2H2,1H3. The van der Waals surface area contributed by atoms with E-state index in [1.54, 1.807) is 64.9 Å². The number of nitrogens with two attached hydrogens (primary N) is 1. The van der Waals surface area contributed by atoms with E-state index in [9.17, 15) is 19.2 Å². The van der Waals surface area contributed by atoms with E-state index in [1.807, 2.05) is 12.1 Å². The summed E-state index contributed by atoms with van der Waals surface area (Å²) in [5.74, 6) is 3.03. The van der Waals surface area contributed by atoms with E-state index in [1.165, 1.54) is 10.9 Å². The van der Waals surface area contributed by atoms with Gasteiger partial charge in [0.2, 0.25) is 0 Å². The van der Waals surface area contributed by atoms with Crippen LogP contribution in [0.2, 0.25) is 0 Å². The first-order valence-electron chi connectivity index (χ1n) is 11.9. The zero-order valence-corrected chi connectivity index (χ0v) is 22.6. The molecule has 0 aliphatic carbocycles. The highest BCUT2D eigenvalue weighted by atomic mass is 16.5. The van der Waals surface area contributed by atoms with Crippen molar-refractivity contribution >= 4 is 24.2 Å². The number of aromatic carboxylic acids is 1. The Balaban J connectivity index is 0.000000584. The summed E-state index contributed by atoms with van der Waals surface area (Å²) < 4.78 is 10.3. The van der Waals surface area contributed by atoms with Gasteiger partial charge in [-0.2, -0.15) is 5.10 Å². The fraction of sp³-hybridized carbons (Fsp3) is 0.346. The van der Waals surface area contributed by atoms with Crippen molar-refractivity contribution in [2.45, 2.75) is 33.1 Å². The summed E-state index contributed by atoms with van der Waals surface area (Å²) in [6, 6.07) is 7.27. The molecular formula is C26H36N6O7. The maximum Gasteiger partial charge on any atom is 0.339 e. The summed E-state index contributed by atoms with van der Waals surface area (Å²) in [5.41, 5.74) is 4.81. The Kier molecular flexibility index (Phi) is 19.1. The summed E-state index contributed by atoms with van der Waals surface area (Å²) >= 11 is 0. The number of Topliss-reactive ketones (excluding diaryl/α,β-unsaturated/α-hetero) is 1. The molecule has 3 heterocycles. The Labute approximate surface area is 227 Å². The van der Waals surface area contributed by atoms with Gasteiger partial charge in [-0.25, -0.2) is 4.79 Å². The molecule has 0 spiro atoms. The van der Waals surface area contributed by atoms with Crippen molar-refractivity contribution in [3.8, 4) is 0 Å². The number of nitrogens with one attached hydrogen (secondary N) is 1. The second-order valence-corrected chi connectivity index (χ2v) is 7.41. The van der Waals surface area contributed by atoms with E-state index >= 15 is 0 Å². The van der Waals surface area contributed by atoms with E-state index < -0.39 is 11.9 Å². The number of ether oxygens (including phenoxy) is 2. The lowest BCUT2D eigenvalue weighted by molar-refractivity contribution is -0.145. The maximum atomic E-state index is 11.4. The molecule has 0 radical (unpaired) electrons. The monoisotopic (exact) mass is 544 g/mol. The van der Waals surface area contributed by atoms with Crippen LogP contribution in [0.1, 0.15) is 47.4 Å². The van der Waals surface area contributed by atoms with Crippen LogP contribution >= 0.6 is 0 Å². The molecule has 0 fully saturated rings. The average molecular weight is 545 g/mol. The molecule has 0 atom stereocenters. The fourth-order valence-corrected chi connectivity index (χ4v) is 2.77. The largest absolute Gasteiger partial charge is 0.478 e. The van der Waals surface area contributed by atoms with E-state index in [-0.39, 0.29) is 24.2 Å². The van der Waals surface area contributed by atoms with Crippen LogP contribution < -0.4 is 11.3 Å². The van der Waals surface area contributed by atoms with Crippen molar-refractivity contribution in [1.82, 2.24) is 25.2 Å². The number of carbonyl (C=O) groups is 4. The summed E-state index contributed by atoms with van der Waals surface area (Å²) in [5, 5.41) is 13.1. The summed E-state index contributed by atoms with van der Waals surface area (Å²) in [6.45, 7) is 4.68. The van der Waals surface area contributed by atoms with Gasteiger partial charge in [-0.3, -0.25) is 40.3 Å². The first-order chi connectivity index (χ1) is 18.7. The second kappa shape index (κ2) is 21.6. The highest BCUT2D eigenvalue weighted by Gasteiger charge is 2.14. The van der Waals surface area contributed by atoms with Crippen molar-refractivity contribution in [2.24, 2.45) is 12.9 Å². The third kappa shape index (κ3) is 16.8. The second-order valence-electron chi connectivity index (χ2n) is 7.41. The third-order valence-corrected chi connectivity index (χ3v) is 4.24. The quantitative estimate of drug-likeness (QED) is 0.110. The first kappa shape index (κ1) is 34.5. The molecule has 3 aromatic rings. The number of pyridine rings is 2. The number of esters is 1. The molecule has 3 rings (SSSR count). The smallest absolute Gasteiger partial charge is 0.339 e. The van der Waals surface area contributed by atoms with Crippen LogP contribution in [0.15, 0.2) is 55.2 Å². The number of rotatable bonds is 10. The molecule has 0 saturated heterocycles. The van der Waals surface area contributed by atoms with Crippen molar-refractivity contribution in [3.05, 3.63) is 77.6 Å². The number of carboxylic acids is 1. The minimum absolute atomic E-state index is 0.151. The van der Waals surface area contributed by atoms with Gasteiger partial charge in [-0.15, -0.1) is 0 Å². The molecular weight excluding hydrogens is 508 g/mol. The maximum absolute atomic E-state index is 11.4. The van der Waals surface area contributed by atoms with Crippen molar-refractivity contribution in [2.75, 3.05) is 20.3 Å². The van der Waals surface area contributed by atoms with Gasteiger partial charge in [0.25, 0.3) is 6.47 Å². The van der Waals surface area contributed by atoms with Gasteiger partial charge in [0.05, 0.1) is 18.9 Å². The number of carboxylic acid groups (broad SMARTS) is 1. The molecule has 4 N–H and O–H groups in total. The van der Waals surface area contributed by atoms with Gasteiger partial charge in [0.1, 0.15) is 17.8 Å². The Bertz CT molecular complexity index is 1110. The molecule has 0 aromatic carbocycles. The number of hydrazine groups is 1. The molecule has 13 nitrogen and oxygen atoms in total. The van der Waals surface area contributed by atoms with Crippen molar-refractivity contribution in [3.63, 3.8) is 0 Å². The van der Waals surface area contributed by atoms with Crippen LogP contribution in [0, 0.1) is 0 Å². The zero-order valence-electron chi connectivity index (χ0n) is 22.6. The SMILES string of the molecule is CCOC(=O)CC(=O)Cc1cccnc1.CCOC=O.CNN.Cn1cc(C(=O)O)c(Cc2cccnc2)n1. The summed E-state index contributed by atoms with van der Waals surface area (Å²) in [7, 11) is 3.36. The predicted molar refractivity (Wildman–Crippen MR) is 142 cm³/mol. The molecule has 0 aliphatic rings. The molecule has 13 heteroatoms. The summed E-state index contributed by atoms with van der Waals surface area (Å²) in [6.07, 6.45) is 8.70. The summed E-state index contributed by atoms with van der Waals surface area (Å²) in [4.78, 5) is 50.4. The predicted octanol–water partition coefficient (Wildman–Crippen LogP) is 1.51. The molecule has 3 aromatic heterocycles. The highest BCUT2D eigenvalue weighted by Crippen LogP contribution is 2.11. The van der Waals surface area contributed by atoms with Gasteiger partial charge >= 0.3 is 11.9 Å². The number of hydrogen-bond acceptors (Lipinski definition) is 11. The van der Waals surface area contributed by atoms with E-state index in [2.05, 4.69) is 35.8 Å². The number of aromatic nitrogens is 4. The minimum Gasteiger partial charge on any atom is -0.478 e. The van der Waals surface area contributed by atoms with Crippen LogP contribution in [0.25, 0.3) is 0 Å². The molecule has 0 saturated carbocycles. The topological polar surface area (TPSA) is 189 Å². The molecule has 212 valence electrons. The first-order valence-corrected chi connectivity index (χ1v) is 11.9. The number of carbonyl (C=O) groups excluding carboxylic acids is 3. The number of aryl methyl sites for hydroxylation is 1. The Morgan fingerprint density at radius 2 is 1.67 bits per heavy atom. The Morgan fingerprint density at radius 3 is 2.10 bits per heavy atom. The van der Waals surface area contributed by atoms with Crippen molar-refractivity contribution < 1.29 is 33.8 Å². The molecule has 0 bridgehead atoms. The Morgan fingerprint density at radius 1 is 1.08 bits per heavy atom. The Hall–Kier alpha value is -4.49. The van der Waals surface area contributed by atoms with Gasteiger partial charge in [-0.1, -0.05) is 12.1 Å². The van der Waals surface area contributed by atoms with Gasteiger partial charge in [0.15, 0.2) is 0 Å². The number of hydrogen-bond donors (Lipinski definition) is 3. The van der Waals surface area contributed by atoms with Crippen LogP contribution in [0.5, 0.6) is 0 Å². The van der Waals surface area contributed by atoms with Crippen LogP contribution in [0.4, 0.5) is 0 Å². The lowest BCUT2D eigenvalue weighted by atomic mass is 10.1. The van der Waals surface area contributed by atoms with E-state index in [0.29, 0.717) is 31.8 Å². The van der Waals surface area contributed by atoms with Gasteiger partial charge < -0.3 is 14.6 Å². The van der Waals surface area contributed by atoms with Crippen LogP contribution in [-0.4, -0.2) is 69.3 Å². The fourth-order valence-electron chi connectivity index (χ4n) is 2.77. The van der Waals surface area contributed by atoms with Crippen molar-refractivity contribution in [1.29, 1.82) is 0 Å². The number of ketones is 1. The van der Waals surface area contributed by atoms with E-state index in [4.69, 9.17) is 5.11 Å². The van der Waals surface area contributed by atoms with Crippen LogP contribution in [-0.2, 0) is 43.7 Å². The third-order valence-electron chi connectivity index (χ3n) is 4.24. The van der Waals surface area contributed by atoms with E-state index in [0.717, 1.165) is 11.1 Å². The zero-order chi connectivity index (χ0) is 29.5. The molecule has 0 unspecified atom stereocenters. The lowest BCUT2D eigenvalue weighted by Gasteiger charge is -2.01. The van der Waals surface area contributed by atoms with Crippen LogP contribution in [0.3, 0.4) is 0 Å². The molecule has 0 amide bonds. The van der Waals surface area contributed by atoms with Gasteiger partial charge in [-0.05, 0) is 44.2 Å². The highest BCUT2D eigenvalue weighted by molar-refractivity contribution is 5.96. The van der Waals surface area contributed by atoms with Gasteiger partial charge in [0, 0.05) is 50.9 Å². The molecule has 39 heavy (non-hydrogen) atoms.